The molecule has 0 atom stereocenters. The van der Waals surface area contributed by atoms with Crippen LogP contribution in [-0.2, 0) is 0 Å². The fraction of sp³-hybridized carbons (Fsp3) is 0.871. The van der Waals surface area contributed by atoms with Crippen molar-refractivity contribution in [2.75, 3.05) is 0 Å². The second kappa shape index (κ2) is 36.8. The van der Waals surface area contributed by atoms with Gasteiger partial charge in [0.1, 0.15) is 0 Å². The number of hydrogen-bond donors (Lipinski definition) is 0. The van der Waals surface area contributed by atoms with Gasteiger partial charge < -0.3 is 0 Å². The molecule has 0 aromatic heterocycles. The summed E-state index contributed by atoms with van der Waals surface area (Å²) in [5.41, 5.74) is 0. The predicted octanol–water partition coefficient (Wildman–Crippen LogP) is 12.2. The maximum atomic E-state index is 3.00. The Morgan fingerprint density at radius 2 is 0.452 bits per heavy atom. The normalized spacial score (nSPS) is 19.3. The van der Waals surface area contributed by atoms with E-state index in [4.69, 9.17) is 0 Å². The Kier molecular flexibility index (Phi) is 44.9. The molecule has 0 aliphatic heterocycles. The minimum absolute atomic E-state index is 1.05. The molecule has 4 fully saturated rings. The summed E-state index contributed by atoms with van der Waals surface area (Å²) < 4.78 is 0. The second-order valence-corrected chi connectivity index (χ2v) is 8.94. The van der Waals surface area contributed by atoms with E-state index in [1.54, 1.807) is 0 Å². The maximum Gasteiger partial charge on any atom is -0.0443 e. The zero-order valence-electron chi connectivity index (χ0n) is 23.6. The molecule has 4 rings (SSSR count). The van der Waals surface area contributed by atoms with Gasteiger partial charge in [-0.05, 0) is 17.8 Å². The monoisotopic (exact) mass is 439 g/mol. The molecular formula is C31H66. The highest BCUT2D eigenvalue weighted by atomic mass is 14.1. The third-order valence-corrected chi connectivity index (χ3v) is 6.18. The van der Waals surface area contributed by atoms with Crippen LogP contribution in [0.25, 0.3) is 0 Å². The lowest BCUT2D eigenvalue weighted by atomic mass is 10.2. The molecule has 0 nitrogen and oxygen atoms in total. The van der Waals surface area contributed by atoms with Crippen LogP contribution in [0.3, 0.4) is 0 Å². The Morgan fingerprint density at radius 3 is 0.516 bits per heavy atom. The van der Waals surface area contributed by atoms with Crippen molar-refractivity contribution < 1.29 is 0 Å². The first-order chi connectivity index (χ1) is 15.2. The average molecular weight is 439 g/mol. The zero-order chi connectivity index (χ0) is 24.8. The fourth-order valence-corrected chi connectivity index (χ4v) is 4.27. The van der Waals surface area contributed by atoms with Crippen LogP contribution < -0.4 is 0 Å². The Labute approximate surface area is 201 Å². The van der Waals surface area contributed by atoms with Gasteiger partial charge in [-0.3, -0.25) is 0 Å². The highest BCUT2D eigenvalue weighted by Gasteiger charge is 2.08. The molecule has 0 aromatic rings. The minimum Gasteiger partial charge on any atom is -0.106 e. The van der Waals surface area contributed by atoms with Crippen LogP contribution in [0.15, 0.2) is 26.3 Å². The first-order valence-electron chi connectivity index (χ1n) is 14.2. The lowest BCUT2D eigenvalue weighted by Crippen LogP contribution is -1.78. The largest absolute Gasteiger partial charge is 0.106 e. The van der Waals surface area contributed by atoms with E-state index >= 15 is 0 Å². The SMILES string of the molecule is C1CCCC1.C=C.C=C.CC.CC.CC1CCCC1.CC1CCCC1.CC1CCCC1. The van der Waals surface area contributed by atoms with Crippen LogP contribution in [-0.4, -0.2) is 0 Å². The highest BCUT2D eigenvalue weighted by Crippen LogP contribution is 2.24. The zero-order valence-corrected chi connectivity index (χ0v) is 23.6. The van der Waals surface area contributed by atoms with Crippen LogP contribution in [0.1, 0.15) is 158 Å². The van der Waals surface area contributed by atoms with E-state index in [1.165, 1.54) is 109 Å². The van der Waals surface area contributed by atoms with Gasteiger partial charge in [0.05, 0.1) is 0 Å². The number of rotatable bonds is 0. The van der Waals surface area contributed by atoms with E-state index in [0.29, 0.717) is 0 Å². The van der Waals surface area contributed by atoms with Gasteiger partial charge in [-0.15, -0.1) is 26.3 Å². The molecule has 31 heavy (non-hydrogen) atoms. The third kappa shape index (κ3) is 34.3. The van der Waals surface area contributed by atoms with Crippen molar-refractivity contribution in [3.8, 4) is 0 Å². The van der Waals surface area contributed by atoms with Crippen molar-refractivity contribution in [2.24, 2.45) is 17.8 Å². The molecule has 0 radical (unpaired) electrons. The first kappa shape index (κ1) is 37.8. The minimum atomic E-state index is 1.05. The Morgan fingerprint density at radius 1 is 0.323 bits per heavy atom. The molecule has 0 amide bonds. The van der Waals surface area contributed by atoms with Gasteiger partial charge in [0.15, 0.2) is 0 Å². The summed E-state index contributed by atoms with van der Waals surface area (Å²) in [6, 6.07) is 0. The van der Waals surface area contributed by atoms with Gasteiger partial charge in [0.2, 0.25) is 0 Å². The van der Waals surface area contributed by atoms with Crippen molar-refractivity contribution in [2.45, 2.75) is 158 Å². The third-order valence-electron chi connectivity index (χ3n) is 6.18. The van der Waals surface area contributed by atoms with E-state index in [9.17, 15) is 0 Å². The summed E-state index contributed by atoms with van der Waals surface area (Å²) in [6.07, 6.45) is 25.3. The van der Waals surface area contributed by atoms with Gasteiger partial charge in [-0.25, -0.2) is 0 Å². The van der Waals surface area contributed by atoms with Gasteiger partial charge in [0, 0.05) is 0 Å². The van der Waals surface area contributed by atoms with Gasteiger partial charge in [-0.2, -0.15) is 0 Å². The van der Waals surface area contributed by atoms with E-state index in [2.05, 4.69) is 47.1 Å². The predicted molar refractivity (Wildman–Crippen MR) is 151 cm³/mol. The van der Waals surface area contributed by atoms with Crippen molar-refractivity contribution >= 4 is 0 Å². The van der Waals surface area contributed by atoms with Crippen molar-refractivity contribution in [1.29, 1.82) is 0 Å². The molecule has 0 saturated heterocycles. The van der Waals surface area contributed by atoms with Crippen molar-refractivity contribution in [3.63, 3.8) is 0 Å². The fourth-order valence-electron chi connectivity index (χ4n) is 4.27. The molecule has 4 aliphatic carbocycles. The molecule has 0 unspecified atom stereocenters. The molecule has 4 saturated carbocycles. The van der Waals surface area contributed by atoms with Crippen LogP contribution in [0.5, 0.6) is 0 Å². The topological polar surface area (TPSA) is 0 Å². The Balaban J connectivity index is -0.000000142. The molecule has 0 aromatic carbocycles. The maximum absolute atomic E-state index is 3.00. The van der Waals surface area contributed by atoms with E-state index in [1.807, 2.05) is 27.7 Å². The van der Waals surface area contributed by atoms with E-state index in [0.717, 1.165) is 17.8 Å². The summed E-state index contributed by atoms with van der Waals surface area (Å²) in [5.74, 6) is 3.14. The van der Waals surface area contributed by atoms with Gasteiger partial charge >= 0.3 is 0 Å². The molecule has 4 aliphatic rings. The summed E-state index contributed by atoms with van der Waals surface area (Å²) >= 11 is 0. The summed E-state index contributed by atoms with van der Waals surface area (Å²) in [4.78, 5) is 0. The molecule has 0 bridgehead atoms. The average Bonchev–Trinajstić information content (AvgIpc) is 3.65. The molecule has 0 N–H and O–H groups in total. The molecule has 0 heteroatoms. The van der Waals surface area contributed by atoms with Crippen molar-refractivity contribution in [1.82, 2.24) is 0 Å². The molecular weight excluding hydrogens is 372 g/mol. The quantitative estimate of drug-likeness (QED) is 0.330. The molecule has 0 spiro atoms. The van der Waals surface area contributed by atoms with Crippen LogP contribution in [0, 0.1) is 17.8 Å². The van der Waals surface area contributed by atoms with Crippen LogP contribution in [0.2, 0.25) is 0 Å². The molecule has 190 valence electrons. The van der Waals surface area contributed by atoms with Gasteiger partial charge in [0.25, 0.3) is 0 Å². The lowest BCUT2D eigenvalue weighted by Gasteiger charge is -1.91. The summed E-state index contributed by atoms with van der Waals surface area (Å²) in [7, 11) is 0. The van der Waals surface area contributed by atoms with Gasteiger partial charge in [-0.1, -0.05) is 158 Å². The summed E-state index contributed by atoms with van der Waals surface area (Å²) in [5, 5.41) is 0. The highest BCUT2D eigenvalue weighted by molar-refractivity contribution is 4.61. The van der Waals surface area contributed by atoms with Crippen LogP contribution >= 0.6 is 0 Å². The standard InChI is InChI=1S/3C6H12.C5H10.2C2H6.2C2H4/c3*1-6-4-2-3-5-6;1-2-4-5-3-1;4*1-2/h3*6H,2-5H2,1H3;1-5H2;2*1-2H3;2*1-2H2. The smallest absolute Gasteiger partial charge is 0.0443 e. The van der Waals surface area contributed by atoms with Crippen LogP contribution in [0.4, 0.5) is 0 Å². The van der Waals surface area contributed by atoms with E-state index in [-0.39, 0.29) is 0 Å². The Hall–Kier alpha value is -0.520. The Bertz CT molecular complexity index is 204. The molecule has 0 heterocycles. The summed E-state index contributed by atoms with van der Waals surface area (Å²) in [6.45, 7) is 27.0. The van der Waals surface area contributed by atoms with Crippen molar-refractivity contribution in [3.05, 3.63) is 26.3 Å². The van der Waals surface area contributed by atoms with E-state index < -0.39 is 0 Å². The number of hydrogen-bond acceptors (Lipinski definition) is 0. The lowest BCUT2D eigenvalue weighted by molar-refractivity contribution is 0.612. The first-order valence-corrected chi connectivity index (χ1v) is 14.2. The second-order valence-electron chi connectivity index (χ2n) is 8.94.